The van der Waals surface area contributed by atoms with E-state index in [4.69, 9.17) is 16.3 Å². The van der Waals surface area contributed by atoms with Crippen molar-refractivity contribution >= 4 is 27.5 Å². The molecule has 1 atom stereocenters. The summed E-state index contributed by atoms with van der Waals surface area (Å²) in [6, 6.07) is 30.3. The van der Waals surface area contributed by atoms with Crippen LogP contribution in [-0.4, -0.2) is 20.2 Å². The van der Waals surface area contributed by atoms with E-state index < -0.39 is 15.9 Å². The number of amides is 1. The molecule has 0 saturated heterocycles. The molecule has 6 N–H and O–H groups in total. The molecule has 4 aromatic rings. The van der Waals surface area contributed by atoms with Crippen LogP contribution < -0.4 is 16.2 Å². The third kappa shape index (κ3) is 5.86. The zero-order valence-electron chi connectivity index (χ0n) is 19.4. The van der Waals surface area contributed by atoms with Crippen molar-refractivity contribution in [2.45, 2.75) is 17.2 Å². The summed E-state index contributed by atoms with van der Waals surface area (Å²) in [5.74, 6) is -0.690. The van der Waals surface area contributed by atoms with Crippen LogP contribution in [-0.2, 0) is 21.2 Å². The Morgan fingerprint density at radius 1 is 0.861 bits per heavy atom. The van der Waals surface area contributed by atoms with Gasteiger partial charge in [0.25, 0.3) is 0 Å². The van der Waals surface area contributed by atoms with E-state index in [1.165, 1.54) is 6.07 Å². The van der Waals surface area contributed by atoms with Crippen molar-refractivity contribution in [1.29, 1.82) is 5.41 Å². The average Bonchev–Trinajstić information content (AvgIpc) is 2.88. The summed E-state index contributed by atoms with van der Waals surface area (Å²) in [5, 5.41) is 16.0. The van der Waals surface area contributed by atoms with Crippen molar-refractivity contribution in [3.05, 3.63) is 120 Å². The summed E-state index contributed by atoms with van der Waals surface area (Å²) in [6.07, 6.45) is 0.427. The third-order valence-corrected chi connectivity index (χ3v) is 6.82. The molecule has 4 rings (SSSR count). The third-order valence-electron chi connectivity index (χ3n) is 5.85. The maximum absolute atomic E-state index is 13.4. The van der Waals surface area contributed by atoms with Crippen LogP contribution in [0.25, 0.3) is 11.1 Å². The minimum absolute atomic E-state index is 0.0262. The number of rotatable bonds is 8. The standard InChI is InChI=1S/C28H26N4O3S/c29-27(30)22-10-6-7-19(17-22)18-25(20-8-2-1-3-9-20)28(33)32-23-15-13-21(14-16-23)24-11-4-5-12-26(24)36(31,34)35/h1-17,25H,18H2,(H3,29,30)(H,32,33)(H2,31,34,35). The van der Waals surface area contributed by atoms with Gasteiger partial charge in [-0.25, -0.2) is 13.6 Å². The number of sulfonamides is 1. The second-order valence-corrected chi connectivity index (χ2v) is 9.92. The second kappa shape index (κ2) is 10.6. The highest BCUT2D eigenvalue weighted by molar-refractivity contribution is 7.89. The van der Waals surface area contributed by atoms with Crippen molar-refractivity contribution < 1.29 is 13.2 Å². The first kappa shape index (κ1) is 24.8. The minimum Gasteiger partial charge on any atom is -0.384 e. The SMILES string of the molecule is N=C(N)c1cccc(CC(C(=O)Nc2ccc(-c3ccccc3S(N)(=O)=O)cc2)c2ccccc2)c1. The quantitative estimate of drug-likeness (QED) is 0.213. The summed E-state index contributed by atoms with van der Waals surface area (Å²) in [5.41, 5.74) is 9.73. The van der Waals surface area contributed by atoms with Crippen LogP contribution in [0.15, 0.2) is 108 Å². The predicted molar refractivity (Wildman–Crippen MR) is 142 cm³/mol. The molecule has 0 bridgehead atoms. The Hall–Kier alpha value is -4.27. The first-order chi connectivity index (χ1) is 17.2. The fraction of sp³-hybridized carbons (Fsp3) is 0.0714. The number of amidine groups is 1. The number of primary sulfonamides is 1. The van der Waals surface area contributed by atoms with Crippen molar-refractivity contribution in [1.82, 2.24) is 0 Å². The Balaban J connectivity index is 1.59. The fourth-order valence-corrected chi connectivity index (χ4v) is 4.83. The van der Waals surface area contributed by atoms with E-state index in [-0.39, 0.29) is 16.6 Å². The van der Waals surface area contributed by atoms with Gasteiger partial charge in [-0.3, -0.25) is 10.2 Å². The maximum atomic E-state index is 13.4. The van der Waals surface area contributed by atoms with E-state index in [0.717, 1.165) is 11.1 Å². The lowest BCUT2D eigenvalue weighted by Crippen LogP contribution is -2.23. The van der Waals surface area contributed by atoms with Gasteiger partial charge >= 0.3 is 0 Å². The first-order valence-electron chi connectivity index (χ1n) is 11.2. The van der Waals surface area contributed by atoms with Crippen molar-refractivity contribution in [3.8, 4) is 11.1 Å². The molecule has 8 heteroatoms. The lowest BCUT2D eigenvalue weighted by Gasteiger charge is -2.18. The summed E-state index contributed by atoms with van der Waals surface area (Å²) in [4.78, 5) is 13.4. The zero-order chi connectivity index (χ0) is 25.7. The number of hydrogen-bond acceptors (Lipinski definition) is 4. The molecule has 0 fully saturated rings. The smallest absolute Gasteiger partial charge is 0.238 e. The molecule has 0 aliphatic rings. The van der Waals surface area contributed by atoms with Crippen LogP contribution in [0.2, 0.25) is 0 Å². The number of anilines is 1. The molecule has 182 valence electrons. The monoisotopic (exact) mass is 498 g/mol. The van der Waals surface area contributed by atoms with Crippen LogP contribution in [0.3, 0.4) is 0 Å². The molecular weight excluding hydrogens is 472 g/mol. The van der Waals surface area contributed by atoms with E-state index in [1.807, 2.05) is 48.5 Å². The highest BCUT2D eigenvalue weighted by Crippen LogP contribution is 2.28. The number of nitrogens with two attached hydrogens (primary N) is 2. The van der Waals surface area contributed by atoms with E-state index in [9.17, 15) is 13.2 Å². The zero-order valence-corrected chi connectivity index (χ0v) is 20.2. The minimum atomic E-state index is -3.88. The van der Waals surface area contributed by atoms with Crippen LogP contribution in [0.4, 0.5) is 5.69 Å². The highest BCUT2D eigenvalue weighted by atomic mass is 32.2. The summed E-state index contributed by atoms with van der Waals surface area (Å²) < 4.78 is 23.9. The number of nitrogen functional groups attached to an aromatic ring is 1. The van der Waals surface area contributed by atoms with Gasteiger partial charge in [-0.15, -0.1) is 0 Å². The van der Waals surface area contributed by atoms with E-state index >= 15 is 0 Å². The van der Waals surface area contributed by atoms with Gasteiger partial charge in [-0.05, 0) is 47.4 Å². The Morgan fingerprint density at radius 2 is 1.53 bits per heavy atom. The molecule has 0 radical (unpaired) electrons. The molecule has 1 unspecified atom stereocenters. The van der Waals surface area contributed by atoms with Gasteiger partial charge in [0.1, 0.15) is 5.84 Å². The van der Waals surface area contributed by atoms with Gasteiger partial charge in [0.05, 0.1) is 10.8 Å². The van der Waals surface area contributed by atoms with Crippen LogP contribution in [0, 0.1) is 5.41 Å². The molecule has 4 aromatic carbocycles. The van der Waals surface area contributed by atoms with Crippen molar-refractivity contribution in [3.63, 3.8) is 0 Å². The molecule has 0 heterocycles. The predicted octanol–water partition coefficient (Wildman–Crippen LogP) is 4.25. The lowest BCUT2D eigenvalue weighted by molar-refractivity contribution is -0.117. The molecule has 0 aliphatic heterocycles. The Labute approximate surface area is 210 Å². The highest BCUT2D eigenvalue weighted by Gasteiger charge is 2.22. The largest absolute Gasteiger partial charge is 0.384 e. The molecule has 0 spiro atoms. The van der Waals surface area contributed by atoms with Crippen molar-refractivity contribution in [2.24, 2.45) is 10.9 Å². The Bertz CT molecular complexity index is 1500. The van der Waals surface area contributed by atoms with Gasteiger partial charge in [0, 0.05) is 16.8 Å². The van der Waals surface area contributed by atoms with Crippen LogP contribution in [0.5, 0.6) is 0 Å². The Kier molecular flexibility index (Phi) is 7.28. The van der Waals surface area contributed by atoms with Gasteiger partial charge in [0.15, 0.2) is 0 Å². The van der Waals surface area contributed by atoms with Gasteiger partial charge < -0.3 is 11.1 Å². The number of hydrogen-bond donors (Lipinski definition) is 4. The van der Waals surface area contributed by atoms with E-state index in [2.05, 4.69) is 5.32 Å². The van der Waals surface area contributed by atoms with Crippen LogP contribution >= 0.6 is 0 Å². The molecule has 0 saturated carbocycles. The molecule has 0 aromatic heterocycles. The van der Waals surface area contributed by atoms with Crippen molar-refractivity contribution in [2.75, 3.05) is 5.32 Å². The van der Waals surface area contributed by atoms with Gasteiger partial charge in [-0.2, -0.15) is 0 Å². The number of carbonyl (C=O) groups is 1. The van der Waals surface area contributed by atoms with Gasteiger partial charge in [0.2, 0.25) is 15.9 Å². The summed E-state index contributed by atoms with van der Waals surface area (Å²) in [7, 11) is -3.88. The Morgan fingerprint density at radius 3 is 2.19 bits per heavy atom. The molecule has 36 heavy (non-hydrogen) atoms. The molecule has 0 aliphatic carbocycles. The number of benzene rings is 4. The fourth-order valence-electron chi connectivity index (χ4n) is 4.06. The van der Waals surface area contributed by atoms with E-state index in [0.29, 0.717) is 28.8 Å². The topological polar surface area (TPSA) is 139 Å². The number of carbonyl (C=O) groups excluding carboxylic acids is 1. The summed E-state index contributed by atoms with van der Waals surface area (Å²) >= 11 is 0. The van der Waals surface area contributed by atoms with Gasteiger partial charge in [-0.1, -0.05) is 78.9 Å². The first-order valence-corrected chi connectivity index (χ1v) is 12.8. The molecule has 1 amide bonds. The average molecular weight is 499 g/mol. The number of nitrogens with one attached hydrogen (secondary N) is 2. The molecule has 7 nitrogen and oxygen atoms in total. The van der Waals surface area contributed by atoms with Crippen LogP contribution in [0.1, 0.15) is 22.6 Å². The normalized spacial score (nSPS) is 12.0. The van der Waals surface area contributed by atoms with E-state index in [1.54, 1.807) is 48.5 Å². The molecular formula is C28H26N4O3S. The maximum Gasteiger partial charge on any atom is 0.238 e. The lowest BCUT2D eigenvalue weighted by atomic mass is 9.90. The summed E-state index contributed by atoms with van der Waals surface area (Å²) in [6.45, 7) is 0. The second-order valence-electron chi connectivity index (χ2n) is 8.39.